The highest BCUT2D eigenvalue weighted by Crippen LogP contribution is 2.28. The molecule has 0 saturated carbocycles. The summed E-state index contributed by atoms with van der Waals surface area (Å²) in [5.41, 5.74) is 9.77. The molecule has 8 nitrogen and oxygen atoms in total. The Morgan fingerprint density at radius 1 is 1.23 bits per heavy atom. The van der Waals surface area contributed by atoms with E-state index in [0.29, 0.717) is 16.8 Å². The maximum Gasteiger partial charge on any atom is 0.243 e. The summed E-state index contributed by atoms with van der Waals surface area (Å²) in [6.07, 6.45) is 0.982. The number of hydrazine groups is 2. The molecular formula is C24H27F3N6O2. The van der Waals surface area contributed by atoms with E-state index in [-0.39, 0.29) is 31.0 Å². The van der Waals surface area contributed by atoms with Crippen molar-refractivity contribution in [2.45, 2.75) is 50.9 Å². The number of nitrogens with one attached hydrogen (secondary N) is 4. The van der Waals surface area contributed by atoms with E-state index in [2.05, 4.69) is 26.7 Å². The van der Waals surface area contributed by atoms with E-state index >= 15 is 0 Å². The molecule has 186 valence electrons. The number of rotatable bonds is 7. The Kier molecular flexibility index (Phi) is 7.25. The number of hydrogen-bond acceptors (Lipinski definition) is 6. The zero-order valence-electron chi connectivity index (χ0n) is 19.3. The average Bonchev–Trinajstić information content (AvgIpc) is 3.47. The summed E-state index contributed by atoms with van der Waals surface area (Å²) < 4.78 is 42.6. The van der Waals surface area contributed by atoms with Crippen molar-refractivity contribution in [2.24, 2.45) is 0 Å². The summed E-state index contributed by atoms with van der Waals surface area (Å²) >= 11 is 0. The second-order valence-electron chi connectivity index (χ2n) is 8.91. The molecule has 2 amide bonds. The Hall–Kier alpha value is -3.60. The van der Waals surface area contributed by atoms with Crippen molar-refractivity contribution in [1.29, 1.82) is 0 Å². The molecule has 0 aliphatic carbocycles. The first-order valence-corrected chi connectivity index (χ1v) is 11.3. The van der Waals surface area contributed by atoms with Gasteiger partial charge in [-0.3, -0.25) is 14.6 Å². The normalized spacial score (nSPS) is 20.3. The molecule has 3 heterocycles. The minimum atomic E-state index is -1.36. The molecule has 1 unspecified atom stereocenters. The van der Waals surface area contributed by atoms with Crippen molar-refractivity contribution < 1.29 is 22.8 Å². The molecule has 1 aromatic carbocycles. The van der Waals surface area contributed by atoms with Crippen LogP contribution in [0.1, 0.15) is 55.5 Å². The van der Waals surface area contributed by atoms with Crippen molar-refractivity contribution in [1.82, 2.24) is 31.6 Å². The lowest BCUT2D eigenvalue weighted by atomic mass is 9.96. The van der Waals surface area contributed by atoms with E-state index in [4.69, 9.17) is 0 Å². The van der Waals surface area contributed by atoms with Gasteiger partial charge in [-0.05, 0) is 35.2 Å². The van der Waals surface area contributed by atoms with Crippen molar-refractivity contribution >= 4 is 11.8 Å². The Labute approximate surface area is 200 Å². The number of halogens is 3. The molecule has 1 aromatic heterocycles. The predicted octanol–water partition coefficient (Wildman–Crippen LogP) is 2.47. The molecule has 11 heteroatoms. The molecule has 35 heavy (non-hydrogen) atoms. The van der Waals surface area contributed by atoms with E-state index in [1.807, 2.05) is 13.8 Å². The third-order valence-corrected chi connectivity index (χ3v) is 6.07. The highest BCUT2D eigenvalue weighted by Gasteiger charge is 2.40. The lowest BCUT2D eigenvalue weighted by Crippen LogP contribution is -2.47. The Bertz CT molecular complexity index is 1120. The molecular weight excluding hydrogens is 461 g/mol. The topological polar surface area (TPSA) is 98.4 Å². The van der Waals surface area contributed by atoms with Crippen LogP contribution in [0, 0.1) is 11.6 Å². The monoisotopic (exact) mass is 488 g/mol. The predicted molar refractivity (Wildman–Crippen MR) is 122 cm³/mol. The summed E-state index contributed by atoms with van der Waals surface area (Å²) in [4.78, 5) is 31.4. The second-order valence-corrected chi connectivity index (χ2v) is 8.91. The summed E-state index contributed by atoms with van der Waals surface area (Å²) in [5, 5.41) is 2.78. The van der Waals surface area contributed by atoms with E-state index in [9.17, 15) is 22.8 Å². The van der Waals surface area contributed by atoms with Crippen LogP contribution in [0.3, 0.4) is 0 Å². The van der Waals surface area contributed by atoms with Crippen LogP contribution in [-0.4, -0.2) is 40.5 Å². The molecule has 2 aliphatic rings. The van der Waals surface area contributed by atoms with Gasteiger partial charge in [0, 0.05) is 12.6 Å². The van der Waals surface area contributed by atoms with Crippen LogP contribution in [-0.2, 0) is 9.59 Å². The van der Waals surface area contributed by atoms with Gasteiger partial charge in [0.15, 0.2) is 0 Å². The van der Waals surface area contributed by atoms with Crippen molar-refractivity contribution in [3.8, 4) is 0 Å². The molecule has 1 fully saturated rings. The highest BCUT2D eigenvalue weighted by atomic mass is 19.1. The Morgan fingerprint density at radius 2 is 2.03 bits per heavy atom. The van der Waals surface area contributed by atoms with Crippen LogP contribution in [0.2, 0.25) is 0 Å². The van der Waals surface area contributed by atoms with Gasteiger partial charge in [0.1, 0.15) is 23.8 Å². The molecule has 0 spiro atoms. The molecule has 0 bridgehead atoms. The van der Waals surface area contributed by atoms with Crippen LogP contribution >= 0.6 is 0 Å². The van der Waals surface area contributed by atoms with Gasteiger partial charge in [0.25, 0.3) is 0 Å². The number of benzene rings is 1. The van der Waals surface area contributed by atoms with Gasteiger partial charge in [-0.2, -0.15) is 5.53 Å². The molecule has 2 aliphatic heterocycles. The standard InChI is InChI=1S/C24H27F3N6O2/c1-13(2)18-5-3-14(7-19(18)27)23(20-6-4-15(25)10-28-20)30-24(35)21-8-16(26)12-33(21)22(34)9-17-11-29-32-31-17/h3-7,10-11,13,16,21,23,29,31-32H,8-9,12H2,1-2H3,(H,30,35)/t16-,21+,23?/m1/s1. The summed E-state index contributed by atoms with van der Waals surface area (Å²) in [5.74, 6) is -2.08. The van der Waals surface area contributed by atoms with Crippen molar-refractivity contribution in [2.75, 3.05) is 6.54 Å². The molecule has 1 saturated heterocycles. The smallest absolute Gasteiger partial charge is 0.243 e. The zero-order chi connectivity index (χ0) is 25.1. The number of amides is 2. The number of aromatic nitrogens is 1. The first kappa shape index (κ1) is 24.5. The van der Waals surface area contributed by atoms with Crippen LogP contribution in [0.15, 0.2) is 48.4 Å². The number of likely N-dealkylation sites (tertiary alicyclic amines) is 1. The number of hydrogen-bond donors (Lipinski definition) is 4. The number of alkyl halides is 1. The fourth-order valence-corrected chi connectivity index (χ4v) is 4.26. The highest BCUT2D eigenvalue weighted by molar-refractivity contribution is 5.89. The lowest BCUT2D eigenvalue weighted by Gasteiger charge is -2.27. The quantitative estimate of drug-likeness (QED) is 0.478. The van der Waals surface area contributed by atoms with Crippen LogP contribution < -0.4 is 21.7 Å². The van der Waals surface area contributed by atoms with Gasteiger partial charge in [0.05, 0.1) is 36.6 Å². The van der Waals surface area contributed by atoms with Gasteiger partial charge >= 0.3 is 0 Å². The van der Waals surface area contributed by atoms with Gasteiger partial charge in [-0.15, -0.1) is 0 Å². The summed E-state index contributed by atoms with van der Waals surface area (Å²) in [7, 11) is 0. The largest absolute Gasteiger partial charge is 0.342 e. The van der Waals surface area contributed by atoms with E-state index in [1.54, 1.807) is 18.3 Å². The first-order chi connectivity index (χ1) is 16.7. The maximum atomic E-state index is 14.8. The molecule has 4 rings (SSSR count). The van der Waals surface area contributed by atoms with Crippen LogP contribution in [0.4, 0.5) is 13.2 Å². The maximum absolute atomic E-state index is 14.8. The number of carbonyl (C=O) groups is 2. The second kappa shape index (κ2) is 10.3. The first-order valence-electron chi connectivity index (χ1n) is 11.3. The summed E-state index contributed by atoms with van der Waals surface area (Å²) in [6.45, 7) is 3.52. The minimum Gasteiger partial charge on any atom is -0.342 e. The van der Waals surface area contributed by atoms with Crippen molar-refractivity contribution in [3.05, 3.63) is 76.9 Å². The van der Waals surface area contributed by atoms with Crippen molar-refractivity contribution in [3.63, 3.8) is 0 Å². The zero-order valence-corrected chi connectivity index (χ0v) is 19.3. The number of carbonyl (C=O) groups excluding carboxylic acids is 2. The molecule has 3 atom stereocenters. The Morgan fingerprint density at radius 3 is 2.66 bits per heavy atom. The van der Waals surface area contributed by atoms with Crippen LogP contribution in [0.25, 0.3) is 0 Å². The van der Waals surface area contributed by atoms with E-state index in [0.717, 1.165) is 6.20 Å². The third-order valence-electron chi connectivity index (χ3n) is 6.07. The fourth-order valence-electron chi connectivity index (χ4n) is 4.26. The fraction of sp³-hybridized carbons (Fsp3) is 0.375. The van der Waals surface area contributed by atoms with Crippen LogP contribution in [0.5, 0.6) is 0 Å². The van der Waals surface area contributed by atoms with Gasteiger partial charge in [-0.25, -0.2) is 13.2 Å². The molecule has 0 radical (unpaired) electrons. The number of pyridine rings is 1. The van der Waals surface area contributed by atoms with Gasteiger partial charge in [0.2, 0.25) is 11.8 Å². The SMILES string of the molecule is CC(C)c1ccc(C(NC(=O)[C@@H]2C[C@@H](F)CN2C(=O)CC2=CNNN2)c2ccc(F)cn2)cc1F. The van der Waals surface area contributed by atoms with E-state index in [1.165, 1.54) is 23.1 Å². The van der Waals surface area contributed by atoms with Gasteiger partial charge < -0.3 is 21.1 Å². The Balaban J connectivity index is 1.59. The van der Waals surface area contributed by atoms with E-state index < -0.39 is 41.7 Å². The third kappa shape index (κ3) is 5.56. The molecule has 4 N–H and O–H groups in total. The van der Waals surface area contributed by atoms with Gasteiger partial charge in [-0.1, -0.05) is 26.0 Å². The lowest BCUT2D eigenvalue weighted by molar-refractivity contribution is -0.138. The number of nitrogens with zero attached hydrogens (tertiary/aromatic N) is 2. The molecule has 2 aromatic rings. The average molecular weight is 489 g/mol. The minimum absolute atomic E-state index is 0.0459. The summed E-state index contributed by atoms with van der Waals surface area (Å²) in [6, 6.07) is 5.20.